The minimum absolute atomic E-state index is 0.126. The molecular formula is C21H21F3N2O. The van der Waals surface area contributed by atoms with E-state index in [0.29, 0.717) is 18.7 Å². The Morgan fingerprint density at radius 3 is 2.26 bits per heavy atom. The van der Waals surface area contributed by atoms with Crippen LogP contribution in [0.15, 0.2) is 54.6 Å². The van der Waals surface area contributed by atoms with Gasteiger partial charge in [0.1, 0.15) is 0 Å². The van der Waals surface area contributed by atoms with Crippen LogP contribution in [-0.2, 0) is 11.0 Å². The molecular weight excluding hydrogens is 353 g/mol. The molecule has 2 aromatic carbocycles. The highest BCUT2D eigenvalue weighted by molar-refractivity contribution is 5.92. The highest BCUT2D eigenvalue weighted by Crippen LogP contribution is 2.29. The van der Waals surface area contributed by atoms with E-state index in [1.165, 1.54) is 23.8 Å². The summed E-state index contributed by atoms with van der Waals surface area (Å²) in [6.07, 6.45) is -1.38. The standard InChI is InChI=1S/C21H21F3N2O/c1-16-3-2-4-19(15-16)25-11-13-26(14-12-25)20(27)10-7-17-5-8-18(9-6-17)21(22,23)24/h2-10,15H,11-14H2,1H3/b10-7+. The zero-order valence-corrected chi connectivity index (χ0v) is 15.0. The Labute approximate surface area is 156 Å². The largest absolute Gasteiger partial charge is 0.416 e. The molecule has 0 saturated carbocycles. The van der Waals surface area contributed by atoms with Crippen molar-refractivity contribution in [1.82, 2.24) is 4.90 Å². The maximum Gasteiger partial charge on any atom is 0.416 e. The molecule has 27 heavy (non-hydrogen) atoms. The fourth-order valence-corrected chi connectivity index (χ4v) is 3.07. The summed E-state index contributed by atoms with van der Waals surface area (Å²) in [6, 6.07) is 13.0. The highest BCUT2D eigenvalue weighted by atomic mass is 19.4. The number of hydrogen-bond donors (Lipinski definition) is 0. The Balaban J connectivity index is 1.55. The third-order valence-corrected chi connectivity index (χ3v) is 4.61. The topological polar surface area (TPSA) is 23.6 Å². The van der Waals surface area contributed by atoms with E-state index in [9.17, 15) is 18.0 Å². The molecule has 1 saturated heterocycles. The molecule has 0 aliphatic carbocycles. The molecule has 1 amide bonds. The molecule has 1 aliphatic heterocycles. The molecule has 0 radical (unpaired) electrons. The molecule has 0 aromatic heterocycles. The van der Waals surface area contributed by atoms with E-state index in [-0.39, 0.29) is 5.91 Å². The second-order valence-electron chi connectivity index (χ2n) is 6.60. The van der Waals surface area contributed by atoms with Crippen molar-refractivity contribution in [2.24, 2.45) is 0 Å². The molecule has 2 aromatic rings. The van der Waals surface area contributed by atoms with Crippen molar-refractivity contribution in [3.63, 3.8) is 0 Å². The number of carbonyl (C=O) groups is 1. The van der Waals surface area contributed by atoms with Crippen molar-refractivity contribution in [3.8, 4) is 0 Å². The normalized spacial score (nSPS) is 15.4. The Kier molecular flexibility index (Phi) is 5.54. The summed E-state index contributed by atoms with van der Waals surface area (Å²) >= 11 is 0. The summed E-state index contributed by atoms with van der Waals surface area (Å²) in [6.45, 7) is 4.79. The average molecular weight is 374 g/mol. The molecule has 0 bridgehead atoms. The number of halogens is 3. The fourth-order valence-electron chi connectivity index (χ4n) is 3.07. The van der Waals surface area contributed by atoms with Crippen LogP contribution in [0.25, 0.3) is 6.08 Å². The van der Waals surface area contributed by atoms with Crippen molar-refractivity contribution < 1.29 is 18.0 Å². The van der Waals surface area contributed by atoms with Gasteiger partial charge in [-0.2, -0.15) is 13.2 Å². The molecule has 3 nitrogen and oxygen atoms in total. The molecule has 0 atom stereocenters. The molecule has 1 fully saturated rings. The Morgan fingerprint density at radius 1 is 1.00 bits per heavy atom. The van der Waals surface area contributed by atoms with Gasteiger partial charge in [0.2, 0.25) is 5.91 Å². The van der Waals surface area contributed by atoms with Crippen molar-refractivity contribution in [2.75, 3.05) is 31.1 Å². The lowest BCUT2D eigenvalue weighted by atomic mass is 10.1. The molecule has 1 aliphatic rings. The second-order valence-corrected chi connectivity index (χ2v) is 6.60. The van der Waals surface area contributed by atoms with Gasteiger partial charge in [0, 0.05) is 37.9 Å². The average Bonchev–Trinajstić information content (AvgIpc) is 2.66. The molecule has 6 heteroatoms. The van der Waals surface area contributed by atoms with Crippen molar-refractivity contribution in [1.29, 1.82) is 0 Å². The summed E-state index contributed by atoms with van der Waals surface area (Å²) in [5.41, 5.74) is 2.22. The van der Waals surface area contributed by atoms with Gasteiger partial charge in [-0.05, 0) is 48.4 Å². The highest BCUT2D eigenvalue weighted by Gasteiger charge is 2.29. The first-order valence-electron chi connectivity index (χ1n) is 8.79. The predicted octanol–water partition coefficient (Wildman–Crippen LogP) is 4.38. The van der Waals surface area contributed by atoms with Gasteiger partial charge in [-0.1, -0.05) is 24.3 Å². The van der Waals surface area contributed by atoms with E-state index in [1.54, 1.807) is 11.0 Å². The summed E-state index contributed by atoms with van der Waals surface area (Å²) in [5, 5.41) is 0. The van der Waals surface area contributed by atoms with E-state index in [1.807, 2.05) is 6.07 Å². The summed E-state index contributed by atoms with van der Waals surface area (Å²) in [7, 11) is 0. The minimum Gasteiger partial charge on any atom is -0.368 e. The lowest BCUT2D eigenvalue weighted by molar-refractivity contribution is -0.137. The van der Waals surface area contributed by atoms with Gasteiger partial charge in [-0.25, -0.2) is 0 Å². The van der Waals surface area contributed by atoms with Crippen molar-refractivity contribution >= 4 is 17.7 Å². The number of aryl methyl sites for hydroxylation is 1. The van der Waals surface area contributed by atoms with Gasteiger partial charge in [0.05, 0.1) is 5.56 Å². The van der Waals surface area contributed by atoms with Gasteiger partial charge in [-0.3, -0.25) is 4.79 Å². The molecule has 0 N–H and O–H groups in total. The van der Waals surface area contributed by atoms with Crippen LogP contribution in [0.5, 0.6) is 0 Å². The first-order valence-corrected chi connectivity index (χ1v) is 8.79. The Bertz CT molecular complexity index is 820. The third kappa shape index (κ3) is 4.90. The summed E-state index contributed by atoms with van der Waals surface area (Å²) < 4.78 is 37.7. The van der Waals surface area contributed by atoms with Crippen LogP contribution in [-0.4, -0.2) is 37.0 Å². The first-order chi connectivity index (χ1) is 12.8. The van der Waals surface area contributed by atoms with Gasteiger partial charge >= 0.3 is 6.18 Å². The first kappa shape index (κ1) is 19.0. The van der Waals surface area contributed by atoms with Crippen LogP contribution in [0.3, 0.4) is 0 Å². The molecule has 0 unspecified atom stereocenters. The summed E-state index contributed by atoms with van der Waals surface area (Å²) in [4.78, 5) is 16.3. The number of amides is 1. The van der Waals surface area contributed by atoms with E-state index >= 15 is 0 Å². The number of rotatable bonds is 3. The number of anilines is 1. The number of carbonyl (C=O) groups excluding carboxylic acids is 1. The van der Waals surface area contributed by atoms with E-state index in [2.05, 4.69) is 30.0 Å². The lowest BCUT2D eigenvalue weighted by Gasteiger charge is -2.35. The third-order valence-electron chi connectivity index (χ3n) is 4.61. The smallest absolute Gasteiger partial charge is 0.368 e. The van der Waals surface area contributed by atoms with Crippen molar-refractivity contribution in [3.05, 3.63) is 71.3 Å². The zero-order chi connectivity index (χ0) is 19.4. The fraction of sp³-hybridized carbons (Fsp3) is 0.286. The summed E-state index contributed by atoms with van der Waals surface area (Å²) in [5.74, 6) is -0.126. The van der Waals surface area contributed by atoms with Gasteiger partial charge in [-0.15, -0.1) is 0 Å². The quantitative estimate of drug-likeness (QED) is 0.745. The molecule has 0 spiro atoms. The van der Waals surface area contributed by atoms with Crippen LogP contribution >= 0.6 is 0 Å². The Hall–Kier alpha value is -2.76. The predicted molar refractivity (Wildman–Crippen MR) is 100 cm³/mol. The zero-order valence-electron chi connectivity index (χ0n) is 15.0. The Morgan fingerprint density at radius 2 is 1.67 bits per heavy atom. The maximum absolute atomic E-state index is 12.6. The van der Waals surface area contributed by atoms with Gasteiger partial charge < -0.3 is 9.80 Å². The lowest BCUT2D eigenvalue weighted by Crippen LogP contribution is -2.48. The number of piperazine rings is 1. The van der Waals surface area contributed by atoms with E-state index < -0.39 is 11.7 Å². The maximum atomic E-state index is 12.6. The molecule has 142 valence electrons. The number of hydrogen-bond acceptors (Lipinski definition) is 2. The van der Waals surface area contributed by atoms with E-state index in [4.69, 9.17) is 0 Å². The number of alkyl halides is 3. The number of benzene rings is 2. The van der Waals surface area contributed by atoms with Gasteiger partial charge in [0.15, 0.2) is 0 Å². The van der Waals surface area contributed by atoms with Crippen molar-refractivity contribution in [2.45, 2.75) is 13.1 Å². The van der Waals surface area contributed by atoms with Crippen LogP contribution in [0.1, 0.15) is 16.7 Å². The van der Waals surface area contributed by atoms with Crippen LogP contribution in [0, 0.1) is 6.92 Å². The second kappa shape index (κ2) is 7.86. The molecule has 1 heterocycles. The van der Waals surface area contributed by atoms with Crippen LogP contribution in [0.2, 0.25) is 0 Å². The molecule has 3 rings (SSSR count). The SMILES string of the molecule is Cc1cccc(N2CCN(C(=O)/C=C/c3ccc(C(F)(F)F)cc3)CC2)c1. The van der Waals surface area contributed by atoms with Crippen LogP contribution in [0.4, 0.5) is 18.9 Å². The van der Waals surface area contributed by atoms with E-state index in [0.717, 1.165) is 30.9 Å². The monoisotopic (exact) mass is 374 g/mol. The minimum atomic E-state index is -4.35. The van der Waals surface area contributed by atoms with Gasteiger partial charge in [0.25, 0.3) is 0 Å². The number of nitrogens with zero attached hydrogens (tertiary/aromatic N) is 2. The van der Waals surface area contributed by atoms with Crippen LogP contribution < -0.4 is 4.90 Å².